The highest BCUT2D eigenvalue weighted by atomic mass is 32.1. The van der Waals surface area contributed by atoms with Gasteiger partial charge in [0, 0.05) is 0 Å². The Morgan fingerprint density at radius 1 is 1.29 bits per heavy atom. The van der Waals surface area contributed by atoms with E-state index in [-0.39, 0.29) is 6.61 Å². The van der Waals surface area contributed by atoms with Gasteiger partial charge in [0.05, 0.1) is 17.2 Å². The lowest BCUT2D eigenvalue weighted by Gasteiger charge is -2.12. The summed E-state index contributed by atoms with van der Waals surface area (Å²) in [7, 11) is 0. The standard InChI is InChI=1S/C17H23NO2S/c1-4-7-14-16(10-19)21-17(18-14)11-20-15-9-6-5-8-13(15)12(2)3/h5-6,8-9,12,19H,4,7,10-11H2,1-3H3. The predicted molar refractivity (Wildman–Crippen MR) is 86.9 cm³/mol. The molecule has 114 valence electrons. The number of ether oxygens (including phenoxy) is 1. The molecule has 0 radical (unpaired) electrons. The largest absolute Gasteiger partial charge is 0.486 e. The quantitative estimate of drug-likeness (QED) is 0.829. The SMILES string of the molecule is CCCc1nc(COc2ccccc2C(C)C)sc1CO. The molecule has 0 fully saturated rings. The Morgan fingerprint density at radius 2 is 2.05 bits per heavy atom. The van der Waals surface area contributed by atoms with Crippen LogP contribution in [0.5, 0.6) is 5.75 Å². The number of hydrogen-bond donors (Lipinski definition) is 1. The molecular weight excluding hydrogens is 282 g/mol. The Kier molecular flexibility index (Phi) is 5.76. The van der Waals surface area contributed by atoms with E-state index in [1.165, 1.54) is 5.56 Å². The molecule has 4 heteroatoms. The second kappa shape index (κ2) is 7.57. The Hall–Kier alpha value is -1.39. The number of aliphatic hydroxyl groups excluding tert-OH is 1. The van der Waals surface area contributed by atoms with E-state index in [9.17, 15) is 5.11 Å². The molecule has 1 aromatic carbocycles. The van der Waals surface area contributed by atoms with Gasteiger partial charge in [0.2, 0.25) is 0 Å². The van der Waals surface area contributed by atoms with E-state index in [1.54, 1.807) is 11.3 Å². The second-order valence-electron chi connectivity index (χ2n) is 5.37. The zero-order chi connectivity index (χ0) is 15.2. The molecular formula is C17H23NO2S. The fourth-order valence-corrected chi connectivity index (χ4v) is 3.17. The minimum absolute atomic E-state index is 0.0651. The highest BCUT2D eigenvalue weighted by Crippen LogP contribution is 2.27. The third-order valence-electron chi connectivity index (χ3n) is 3.35. The number of hydrogen-bond acceptors (Lipinski definition) is 4. The summed E-state index contributed by atoms with van der Waals surface area (Å²) in [4.78, 5) is 5.56. The van der Waals surface area contributed by atoms with Gasteiger partial charge in [0.15, 0.2) is 0 Å². The molecule has 21 heavy (non-hydrogen) atoms. The Labute approximate surface area is 130 Å². The van der Waals surface area contributed by atoms with Crippen LogP contribution in [-0.4, -0.2) is 10.1 Å². The van der Waals surface area contributed by atoms with Crippen LogP contribution in [0.2, 0.25) is 0 Å². The smallest absolute Gasteiger partial charge is 0.140 e. The third kappa shape index (κ3) is 4.05. The fourth-order valence-electron chi connectivity index (χ4n) is 2.28. The number of benzene rings is 1. The average molecular weight is 305 g/mol. The summed E-state index contributed by atoms with van der Waals surface area (Å²) >= 11 is 1.55. The fraction of sp³-hybridized carbons (Fsp3) is 0.471. The van der Waals surface area contributed by atoms with Gasteiger partial charge in [-0.1, -0.05) is 45.4 Å². The maximum absolute atomic E-state index is 9.39. The maximum Gasteiger partial charge on any atom is 0.140 e. The Balaban J connectivity index is 2.10. The van der Waals surface area contributed by atoms with Crippen LogP contribution in [0.25, 0.3) is 0 Å². The van der Waals surface area contributed by atoms with Crippen LogP contribution in [0.4, 0.5) is 0 Å². The molecule has 0 aliphatic rings. The van der Waals surface area contributed by atoms with Gasteiger partial charge in [0.1, 0.15) is 17.4 Å². The van der Waals surface area contributed by atoms with E-state index in [1.807, 2.05) is 18.2 Å². The number of aryl methyl sites for hydroxylation is 1. The summed E-state index contributed by atoms with van der Waals surface area (Å²) in [6.45, 7) is 6.97. The van der Waals surface area contributed by atoms with Gasteiger partial charge in [-0.25, -0.2) is 4.98 Å². The number of rotatable bonds is 7. The van der Waals surface area contributed by atoms with Crippen LogP contribution >= 0.6 is 11.3 Å². The normalized spacial score (nSPS) is 11.1. The molecule has 1 heterocycles. The van der Waals surface area contributed by atoms with E-state index >= 15 is 0 Å². The van der Waals surface area contributed by atoms with Crippen LogP contribution in [0.1, 0.15) is 54.3 Å². The molecule has 1 N–H and O–H groups in total. The number of nitrogens with zero attached hydrogens (tertiary/aromatic N) is 1. The van der Waals surface area contributed by atoms with E-state index in [0.29, 0.717) is 12.5 Å². The first kappa shape index (κ1) is 16.0. The van der Waals surface area contributed by atoms with Crippen molar-refractivity contribution < 1.29 is 9.84 Å². The minimum atomic E-state index is 0.0651. The molecule has 0 bridgehead atoms. The van der Waals surface area contributed by atoms with Gasteiger partial charge in [-0.2, -0.15) is 0 Å². The molecule has 2 aromatic rings. The molecule has 0 unspecified atom stereocenters. The molecule has 0 saturated heterocycles. The van der Waals surface area contributed by atoms with Gasteiger partial charge in [0.25, 0.3) is 0 Å². The Morgan fingerprint density at radius 3 is 2.71 bits per heavy atom. The molecule has 1 aromatic heterocycles. The first-order valence-electron chi connectivity index (χ1n) is 7.45. The average Bonchev–Trinajstić information content (AvgIpc) is 2.88. The number of aliphatic hydroxyl groups is 1. The lowest BCUT2D eigenvalue weighted by atomic mass is 10.0. The van der Waals surface area contributed by atoms with Crippen molar-refractivity contribution in [1.82, 2.24) is 4.98 Å². The predicted octanol–water partition coefficient (Wildman–Crippen LogP) is 4.29. The topological polar surface area (TPSA) is 42.4 Å². The van der Waals surface area contributed by atoms with Crippen molar-refractivity contribution in [3.8, 4) is 5.75 Å². The van der Waals surface area contributed by atoms with Gasteiger partial charge in [-0.15, -0.1) is 11.3 Å². The lowest BCUT2D eigenvalue weighted by molar-refractivity contribution is 0.284. The zero-order valence-corrected chi connectivity index (χ0v) is 13.7. The van der Waals surface area contributed by atoms with Crippen LogP contribution in [0, 0.1) is 0 Å². The summed E-state index contributed by atoms with van der Waals surface area (Å²) < 4.78 is 5.94. The summed E-state index contributed by atoms with van der Waals surface area (Å²) in [5.74, 6) is 1.35. The third-order valence-corrected chi connectivity index (χ3v) is 4.40. The van der Waals surface area contributed by atoms with Crippen molar-refractivity contribution in [2.75, 3.05) is 0 Å². The van der Waals surface area contributed by atoms with Crippen molar-refractivity contribution in [2.24, 2.45) is 0 Å². The highest BCUT2D eigenvalue weighted by Gasteiger charge is 2.12. The maximum atomic E-state index is 9.39. The summed E-state index contributed by atoms with van der Waals surface area (Å²) in [6, 6.07) is 8.13. The summed E-state index contributed by atoms with van der Waals surface area (Å²) in [6.07, 6.45) is 1.95. The molecule has 0 saturated carbocycles. The Bertz CT molecular complexity index is 578. The minimum Gasteiger partial charge on any atom is -0.486 e. The molecule has 0 amide bonds. The first-order valence-corrected chi connectivity index (χ1v) is 8.27. The van der Waals surface area contributed by atoms with Crippen molar-refractivity contribution >= 4 is 11.3 Å². The number of aromatic nitrogens is 1. The first-order chi connectivity index (χ1) is 10.2. The van der Waals surface area contributed by atoms with Gasteiger partial charge in [-0.3, -0.25) is 0 Å². The van der Waals surface area contributed by atoms with Gasteiger partial charge in [-0.05, 0) is 24.0 Å². The lowest BCUT2D eigenvalue weighted by Crippen LogP contribution is -1.99. The van der Waals surface area contributed by atoms with E-state index in [4.69, 9.17) is 4.74 Å². The van der Waals surface area contributed by atoms with E-state index in [0.717, 1.165) is 34.2 Å². The van der Waals surface area contributed by atoms with Crippen molar-refractivity contribution in [3.63, 3.8) is 0 Å². The van der Waals surface area contributed by atoms with E-state index in [2.05, 4.69) is 31.8 Å². The molecule has 0 aliphatic heterocycles. The van der Waals surface area contributed by atoms with E-state index < -0.39 is 0 Å². The summed E-state index contributed by atoms with van der Waals surface area (Å²) in [5.41, 5.74) is 2.23. The van der Waals surface area contributed by atoms with Crippen molar-refractivity contribution in [3.05, 3.63) is 45.4 Å². The monoisotopic (exact) mass is 305 g/mol. The molecule has 2 rings (SSSR count). The molecule has 0 aliphatic carbocycles. The molecule has 0 spiro atoms. The van der Waals surface area contributed by atoms with Gasteiger partial charge >= 0.3 is 0 Å². The van der Waals surface area contributed by atoms with Crippen molar-refractivity contribution in [1.29, 1.82) is 0 Å². The van der Waals surface area contributed by atoms with Crippen LogP contribution < -0.4 is 4.74 Å². The van der Waals surface area contributed by atoms with Crippen LogP contribution in [-0.2, 0) is 19.6 Å². The molecule has 3 nitrogen and oxygen atoms in total. The number of thiazole rings is 1. The molecule has 0 atom stereocenters. The highest BCUT2D eigenvalue weighted by molar-refractivity contribution is 7.11. The van der Waals surface area contributed by atoms with Gasteiger partial charge < -0.3 is 9.84 Å². The van der Waals surface area contributed by atoms with Crippen molar-refractivity contribution in [2.45, 2.75) is 52.7 Å². The number of para-hydroxylation sites is 1. The second-order valence-corrected chi connectivity index (χ2v) is 6.53. The zero-order valence-electron chi connectivity index (χ0n) is 12.9. The van der Waals surface area contributed by atoms with Crippen LogP contribution in [0.15, 0.2) is 24.3 Å². The van der Waals surface area contributed by atoms with Crippen LogP contribution in [0.3, 0.4) is 0 Å². The summed E-state index contributed by atoms with van der Waals surface area (Å²) in [5, 5.41) is 10.3.